The number of benzene rings is 2. The first-order valence-electron chi connectivity index (χ1n) is 9.18. The van der Waals surface area contributed by atoms with Crippen molar-refractivity contribution in [1.29, 1.82) is 0 Å². The first-order chi connectivity index (χ1) is 12.5. The molecule has 0 bridgehead atoms. The van der Waals surface area contributed by atoms with E-state index in [0.29, 0.717) is 18.1 Å². The smallest absolute Gasteiger partial charge is 0.329 e. The van der Waals surface area contributed by atoms with Crippen molar-refractivity contribution >= 4 is 17.6 Å². The van der Waals surface area contributed by atoms with Crippen molar-refractivity contribution in [2.75, 3.05) is 6.61 Å². The first kappa shape index (κ1) is 20.3. The van der Waals surface area contributed by atoms with Gasteiger partial charge in [0.2, 0.25) is 0 Å². The predicted molar refractivity (Wildman–Crippen MR) is 107 cm³/mol. The monoisotopic (exact) mass is 374 g/mol. The Bertz CT molecular complexity index is 678. The van der Waals surface area contributed by atoms with E-state index in [9.17, 15) is 4.79 Å². The van der Waals surface area contributed by atoms with Gasteiger partial charge in [-0.05, 0) is 54.2 Å². The second-order valence-electron chi connectivity index (χ2n) is 6.77. The van der Waals surface area contributed by atoms with E-state index in [0.717, 1.165) is 36.3 Å². The topological polar surface area (TPSA) is 35.5 Å². The summed E-state index contributed by atoms with van der Waals surface area (Å²) in [5.74, 6) is 1.33. The number of carbonyl (C=O) groups is 1. The van der Waals surface area contributed by atoms with E-state index in [1.54, 1.807) is 12.1 Å². The highest BCUT2D eigenvalue weighted by Crippen LogP contribution is 2.25. The summed E-state index contributed by atoms with van der Waals surface area (Å²) in [6.07, 6.45) is 2.78. The number of hydrogen-bond donors (Lipinski definition) is 0. The fourth-order valence-electron chi connectivity index (χ4n) is 2.48. The van der Waals surface area contributed by atoms with Crippen LogP contribution in [-0.2, 0) is 4.79 Å². The highest BCUT2D eigenvalue weighted by molar-refractivity contribution is 6.30. The molecule has 0 saturated carbocycles. The van der Waals surface area contributed by atoms with E-state index in [1.165, 1.54) is 0 Å². The van der Waals surface area contributed by atoms with Gasteiger partial charge in [-0.1, -0.05) is 51.5 Å². The Kier molecular flexibility index (Phi) is 7.99. The van der Waals surface area contributed by atoms with Gasteiger partial charge >= 0.3 is 5.97 Å². The van der Waals surface area contributed by atoms with Crippen molar-refractivity contribution in [1.82, 2.24) is 0 Å². The molecule has 0 radical (unpaired) electrons. The van der Waals surface area contributed by atoms with Crippen LogP contribution in [0.25, 0.3) is 11.1 Å². The van der Waals surface area contributed by atoms with Gasteiger partial charge in [0.15, 0.2) is 0 Å². The van der Waals surface area contributed by atoms with Gasteiger partial charge in [0, 0.05) is 0 Å². The molecule has 0 aromatic heterocycles. The van der Waals surface area contributed by atoms with Crippen LogP contribution >= 0.6 is 11.6 Å². The highest BCUT2D eigenvalue weighted by Gasteiger charge is 2.19. The fourth-order valence-corrected chi connectivity index (χ4v) is 2.88. The summed E-state index contributed by atoms with van der Waals surface area (Å²) in [7, 11) is 0. The number of alkyl halides is 1. The van der Waals surface area contributed by atoms with Crippen LogP contribution in [-0.4, -0.2) is 18.0 Å². The molecule has 1 unspecified atom stereocenters. The lowest BCUT2D eigenvalue weighted by Crippen LogP contribution is -2.22. The lowest BCUT2D eigenvalue weighted by Gasteiger charge is -2.12. The molecule has 2 aromatic rings. The molecule has 4 heteroatoms. The lowest BCUT2D eigenvalue weighted by molar-refractivity contribution is -0.134. The molecule has 3 nitrogen and oxygen atoms in total. The largest absolute Gasteiger partial charge is 0.494 e. The quantitative estimate of drug-likeness (QED) is 0.230. The van der Waals surface area contributed by atoms with Crippen molar-refractivity contribution in [3.63, 3.8) is 0 Å². The Morgan fingerprint density at radius 1 is 0.962 bits per heavy atom. The van der Waals surface area contributed by atoms with E-state index >= 15 is 0 Å². The average molecular weight is 375 g/mol. The molecule has 0 saturated heterocycles. The Balaban J connectivity index is 1.95. The molecule has 0 aliphatic carbocycles. The van der Waals surface area contributed by atoms with Gasteiger partial charge in [-0.25, -0.2) is 0 Å². The van der Waals surface area contributed by atoms with Crippen LogP contribution in [0.5, 0.6) is 11.5 Å². The minimum Gasteiger partial charge on any atom is -0.494 e. The summed E-state index contributed by atoms with van der Waals surface area (Å²) in [6, 6.07) is 15.4. The standard InChI is InChI=1S/C22H27ClO3/c1-4-5-14-25-19-10-6-17(7-11-19)18-8-12-20(13-9-18)26-22(24)21(23)15-16(2)3/h6-13,16,21H,4-5,14-15H2,1-3H3. The van der Waals surface area contributed by atoms with Crippen LogP contribution in [0.15, 0.2) is 48.5 Å². The molecule has 0 N–H and O–H groups in total. The van der Waals surface area contributed by atoms with Crippen LogP contribution in [0.4, 0.5) is 0 Å². The molecule has 0 aliphatic heterocycles. The predicted octanol–water partition coefficient (Wildman–Crippen LogP) is 6.09. The van der Waals surface area contributed by atoms with Gasteiger partial charge in [-0.2, -0.15) is 0 Å². The van der Waals surface area contributed by atoms with E-state index < -0.39 is 11.3 Å². The summed E-state index contributed by atoms with van der Waals surface area (Å²) in [6.45, 7) is 6.94. The van der Waals surface area contributed by atoms with Crippen LogP contribution in [0.2, 0.25) is 0 Å². The molecular formula is C22H27ClO3. The molecule has 2 rings (SSSR count). The second-order valence-corrected chi connectivity index (χ2v) is 7.30. The summed E-state index contributed by atoms with van der Waals surface area (Å²) in [4.78, 5) is 12.0. The van der Waals surface area contributed by atoms with Crippen molar-refractivity contribution in [2.24, 2.45) is 5.92 Å². The van der Waals surface area contributed by atoms with Crippen molar-refractivity contribution in [3.8, 4) is 22.6 Å². The van der Waals surface area contributed by atoms with Crippen molar-refractivity contribution < 1.29 is 14.3 Å². The van der Waals surface area contributed by atoms with Crippen LogP contribution < -0.4 is 9.47 Å². The minimum atomic E-state index is -0.616. The molecule has 0 fully saturated rings. The van der Waals surface area contributed by atoms with E-state index in [4.69, 9.17) is 21.1 Å². The van der Waals surface area contributed by atoms with E-state index in [-0.39, 0.29) is 0 Å². The summed E-state index contributed by atoms with van der Waals surface area (Å²) < 4.78 is 11.0. The number of ether oxygens (including phenoxy) is 2. The molecule has 1 atom stereocenters. The number of esters is 1. The van der Waals surface area contributed by atoms with Gasteiger partial charge in [0.25, 0.3) is 0 Å². The zero-order chi connectivity index (χ0) is 18.9. The minimum absolute atomic E-state index is 0.348. The number of carbonyl (C=O) groups excluding carboxylic acids is 1. The zero-order valence-corrected chi connectivity index (χ0v) is 16.5. The van der Waals surface area contributed by atoms with Crippen molar-refractivity contribution in [2.45, 2.75) is 45.4 Å². The average Bonchev–Trinajstić information content (AvgIpc) is 2.62. The molecule has 0 heterocycles. The van der Waals surface area contributed by atoms with Gasteiger partial charge in [0.05, 0.1) is 6.61 Å². The summed E-state index contributed by atoms with van der Waals surface area (Å²) >= 11 is 6.08. The molecule has 0 aliphatic rings. The third-order valence-electron chi connectivity index (χ3n) is 3.96. The summed E-state index contributed by atoms with van der Waals surface area (Å²) in [5.41, 5.74) is 2.13. The van der Waals surface area contributed by atoms with E-state index in [2.05, 4.69) is 6.92 Å². The molecule has 26 heavy (non-hydrogen) atoms. The zero-order valence-electron chi connectivity index (χ0n) is 15.7. The van der Waals surface area contributed by atoms with Crippen LogP contribution in [0.3, 0.4) is 0 Å². The molecule has 2 aromatic carbocycles. The first-order valence-corrected chi connectivity index (χ1v) is 9.62. The Morgan fingerprint density at radius 3 is 2.00 bits per heavy atom. The van der Waals surface area contributed by atoms with E-state index in [1.807, 2.05) is 50.2 Å². The van der Waals surface area contributed by atoms with Crippen molar-refractivity contribution in [3.05, 3.63) is 48.5 Å². The number of halogens is 1. The maximum atomic E-state index is 12.0. The summed E-state index contributed by atoms with van der Waals surface area (Å²) in [5, 5.41) is -0.616. The Hall–Kier alpha value is -2.00. The second kappa shape index (κ2) is 10.2. The molecular weight excluding hydrogens is 348 g/mol. The van der Waals surface area contributed by atoms with Gasteiger partial charge in [0.1, 0.15) is 16.9 Å². The molecule has 140 valence electrons. The SMILES string of the molecule is CCCCOc1ccc(-c2ccc(OC(=O)C(Cl)CC(C)C)cc2)cc1. The molecule has 0 amide bonds. The van der Waals surface area contributed by atoms with Gasteiger partial charge < -0.3 is 9.47 Å². The number of unbranched alkanes of at least 4 members (excludes halogenated alkanes) is 1. The fraction of sp³-hybridized carbons (Fsp3) is 0.409. The third kappa shape index (κ3) is 6.38. The van der Waals surface area contributed by atoms with Crippen LogP contribution in [0, 0.1) is 5.92 Å². The normalized spacial score (nSPS) is 12.0. The number of rotatable bonds is 9. The lowest BCUT2D eigenvalue weighted by atomic mass is 10.1. The van der Waals surface area contributed by atoms with Gasteiger partial charge in [-0.15, -0.1) is 11.6 Å². The Morgan fingerprint density at radius 2 is 1.50 bits per heavy atom. The molecule has 0 spiro atoms. The van der Waals surface area contributed by atoms with Crippen LogP contribution in [0.1, 0.15) is 40.0 Å². The maximum absolute atomic E-state index is 12.0. The highest BCUT2D eigenvalue weighted by atomic mass is 35.5. The maximum Gasteiger partial charge on any atom is 0.329 e. The third-order valence-corrected chi connectivity index (χ3v) is 4.32. The van der Waals surface area contributed by atoms with Gasteiger partial charge in [-0.3, -0.25) is 4.79 Å². The number of hydrogen-bond acceptors (Lipinski definition) is 3. The Labute approximate surface area is 161 Å².